The molecule has 8 atom stereocenters. The van der Waals surface area contributed by atoms with E-state index in [1.165, 1.54) is 51.4 Å². The van der Waals surface area contributed by atoms with Gasteiger partial charge in [0, 0.05) is 13.1 Å². The van der Waals surface area contributed by atoms with Crippen LogP contribution in [0.1, 0.15) is 78.6 Å². The average Bonchev–Trinajstić information content (AvgIpc) is 3.11. The van der Waals surface area contributed by atoms with Gasteiger partial charge in [-0.25, -0.2) is 8.42 Å². The molecule has 7 unspecified atom stereocenters. The van der Waals surface area contributed by atoms with Gasteiger partial charge in [0.1, 0.15) is 0 Å². The van der Waals surface area contributed by atoms with Gasteiger partial charge < -0.3 is 0 Å². The summed E-state index contributed by atoms with van der Waals surface area (Å²) in [5.41, 5.74) is 0.639. The third-order valence-corrected chi connectivity index (χ3v) is 12.6. The van der Waals surface area contributed by atoms with Crippen molar-refractivity contribution in [2.75, 3.05) is 7.05 Å². The van der Waals surface area contributed by atoms with Crippen molar-refractivity contribution in [2.45, 2.75) is 89.5 Å². The van der Waals surface area contributed by atoms with E-state index in [9.17, 15) is 8.42 Å². The highest BCUT2D eigenvalue weighted by Crippen LogP contribution is 2.67. The van der Waals surface area contributed by atoms with Gasteiger partial charge >= 0.3 is 0 Å². The molecule has 0 heterocycles. The van der Waals surface area contributed by atoms with E-state index in [0.717, 1.165) is 30.1 Å². The Morgan fingerprint density at radius 2 is 1.55 bits per heavy atom. The van der Waals surface area contributed by atoms with Gasteiger partial charge in [-0.1, -0.05) is 45.4 Å². The number of sulfonamides is 1. The summed E-state index contributed by atoms with van der Waals surface area (Å²) >= 11 is 0. The molecular formula is C27H41NO2S. The Kier molecular flexibility index (Phi) is 5.37. The largest absolute Gasteiger partial charge is 0.243 e. The molecular weight excluding hydrogens is 402 g/mol. The first-order chi connectivity index (χ1) is 14.7. The molecule has 4 saturated carbocycles. The van der Waals surface area contributed by atoms with Gasteiger partial charge in [0.25, 0.3) is 0 Å². The lowest BCUT2D eigenvalue weighted by Gasteiger charge is -2.61. The number of hydrogen-bond donors (Lipinski definition) is 0. The highest BCUT2D eigenvalue weighted by Gasteiger charge is 2.61. The van der Waals surface area contributed by atoms with Crippen molar-refractivity contribution < 1.29 is 8.42 Å². The van der Waals surface area contributed by atoms with Gasteiger partial charge in [-0.2, -0.15) is 4.31 Å². The Labute approximate surface area is 190 Å². The van der Waals surface area contributed by atoms with Crippen molar-refractivity contribution >= 4 is 10.0 Å². The van der Waals surface area contributed by atoms with Crippen LogP contribution in [0.25, 0.3) is 0 Å². The summed E-state index contributed by atoms with van der Waals surface area (Å²) in [4.78, 5) is 0.433. The van der Waals surface area contributed by atoms with Crippen LogP contribution in [0.4, 0.5) is 0 Å². The second-order valence-corrected chi connectivity index (χ2v) is 14.0. The minimum absolute atomic E-state index is 0.114. The van der Waals surface area contributed by atoms with Crippen LogP contribution in [0, 0.1) is 40.4 Å². The Balaban J connectivity index is 1.40. The Morgan fingerprint density at radius 1 is 0.871 bits per heavy atom. The summed E-state index contributed by atoms with van der Waals surface area (Å²) in [6.07, 6.45) is 11.7. The predicted octanol–water partition coefficient (Wildman–Crippen LogP) is 6.35. The minimum Gasteiger partial charge on any atom is -0.207 e. The molecule has 31 heavy (non-hydrogen) atoms. The molecule has 0 spiro atoms. The molecule has 0 aliphatic heterocycles. The Bertz CT molecular complexity index is 914. The third kappa shape index (κ3) is 3.26. The third-order valence-electron chi connectivity index (χ3n) is 10.7. The first-order valence-corrected chi connectivity index (χ1v) is 14.1. The van der Waals surface area contributed by atoms with E-state index in [-0.39, 0.29) is 11.5 Å². The van der Waals surface area contributed by atoms with Crippen molar-refractivity contribution in [3.63, 3.8) is 0 Å². The van der Waals surface area contributed by atoms with E-state index in [0.29, 0.717) is 16.2 Å². The molecule has 1 aromatic rings. The van der Waals surface area contributed by atoms with Gasteiger partial charge in [-0.3, -0.25) is 0 Å². The number of hydrogen-bond acceptors (Lipinski definition) is 2. The topological polar surface area (TPSA) is 37.4 Å². The zero-order valence-electron chi connectivity index (χ0n) is 19.9. The van der Waals surface area contributed by atoms with Crippen molar-refractivity contribution in [2.24, 2.45) is 40.4 Å². The van der Waals surface area contributed by atoms with Gasteiger partial charge in [0.2, 0.25) is 10.0 Å². The van der Waals surface area contributed by atoms with Crippen molar-refractivity contribution in [3.8, 4) is 0 Å². The molecule has 4 aliphatic rings. The minimum atomic E-state index is -3.44. The summed E-state index contributed by atoms with van der Waals surface area (Å²) in [7, 11) is -1.60. The lowest BCUT2D eigenvalue weighted by atomic mass is 9.44. The molecule has 0 amide bonds. The normalized spacial score (nSPS) is 45.1. The quantitative estimate of drug-likeness (QED) is 0.545. The maximum Gasteiger partial charge on any atom is 0.243 e. The van der Waals surface area contributed by atoms with E-state index in [1.54, 1.807) is 16.4 Å². The number of benzene rings is 1. The molecule has 3 nitrogen and oxygen atoms in total. The highest BCUT2D eigenvalue weighted by molar-refractivity contribution is 7.89. The fraction of sp³-hybridized carbons (Fsp3) is 0.778. The number of nitrogens with zero attached hydrogens (tertiary/aromatic N) is 1. The SMILES string of the molecule is CC1CCC2(C)C(CCC3C2CCC2(C)C3CC[C@@H]2N(C)S(=O)(=O)c2ccccc2)C1. The molecule has 0 bridgehead atoms. The molecule has 0 aromatic heterocycles. The molecule has 5 rings (SSSR count). The fourth-order valence-corrected chi connectivity index (χ4v) is 10.5. The molecule has 0 radical (unpaired) electrons. The zero-order chi connectivity index (χ0) is 22.0. The van der Waals surface area contributed by atoms with Crippen LogP contribution in [0.2, 0.25) is 0 Å². The zero-order valence-corrected chi connectivity index (χ0v) is 20.7. The van der Waals surface area contributed by atoms with Crippen LogP contribution in [0.3, 0.4) is 0 Å². The monoisotopic (exact) mass is 443 g/mol. The second-order valence-electron chi connectivity index (χ2n) is 12.0. The van der Waals surface area contributed by atoms with Gasteiger partial charge in [0.15, 0.2) is 0 Å². The highest BCUT2D eigenvalue weighted by atomic mass is 32.2. The van der Waals surface area contributed by atoms with Crippen molar-refractivity contribution in [1.29, 1.82) is 0 Å². The number of fused-ring (bicyclic) bond motifs is 5. The van der Waals surface area contributed by atoms with Crippen LogP contribution in [-0.4, -0.2) is 25.8 Å². The summed E-state index contributed by atoms with van der Waals surface area (Å²) in [5.74, 6) is 4.15. The molecule has 1 aromatic carbocycles. The van der Waals surface area contributed by atoms with Crippen LogP contribution in [0.5, 0.6) is 0 Å². The summed E-state index contributed by atoms with van der Waals surface area (Å²) in [6, 6.07) is 9.15. The lowest BCUT2D eigenvalue weighted by Crippen LogP contribution is -2.56. The van der Waals surface area contributed by atoms with Crippen LogP contribution >= 0.6 is 0 Å². The first kappa shape index (κ1) is 21.9. The van der Waals surface area contributed by atoms with Crippen molar-refractivity contribution in [3.05, 3.63) is 30.3 Å². The van der Waals surface area contributed by atoms with E-state index in [4.69, 9.17) is 0 Å². The maximum atomic E-state index is 13.4. The van der Waals surface area contributed by atoms with E-state index in [2.05, 4.69) is 20.8 Å². The van der Waals surface area contributed by atoms with Crippen molar-refractivity contribution in [1.82, 2.24) is 4.31 Å². The molecule has 0 N–H and O–H groups in total. The Morgan fingerprint density at radius 3 is 2.29 bits per heavy atom. The Hall–Kier alpha value is -0.870. The molecule has 172 valence electrons. The standard InChI is InChI=1S/C27H41NO2S/c1-19-14-16-26(2)20(18-19)10-11-22-23-12-13-25(27(23,3)17-15-24(22)26)28(4)31(29,30)21-8-6-5-7-9-21/h5-9,19-20,22-25H,10-18H2,1-4H3/t19?,20?,22?,23?,24?,25-,26?,27?/m0/s1. The van der Waals surface area contributed by atoms with Gasteiger partial charge in [-0.15, -0.1) is 0 Å². The molecule has 4 aliphatic carbocycles. The van der Waals surface area contributed by atoms with E-state index in [1.807, 2.05) is 25.2 Å². The second kappa shape index (κ2) is 7.58. The van der Waals surface area contributed by atoms with E-state index < -0.39 is 10.0 Å². The van der Waals surface area contributed by atoms with Crippen LogP contribution < -0.4 is 0 Å². The van der Waals surface area contributed by atoms with Gasteiger partial charge in [-0.05, 0) is 104 Å². The maximum absolute atomic E-state index is 13.4. The molecule has 4 heteroatoms. The molecule has 4 fully saturated rings. The average molecular weight is 444 g/mol. The number of rotatable bonds is 3. The summed E-state index contributed by atoms with van der Waals surface area (Å²) < 4.78 is 28.6. The molecule has 0 saturated heterocycles. The van der Waals surface area contributed by atoms with Crippen LogP contribution in [0.15, 0.2) is 35.2 Å². The first-order valence-electron chi connectivity index (χ1n) is 12.7. The lowest BCUT2D eigenvalue weighted by molar-refractivity contribution is -0.116. The fourth-order valence-electron chi connectivity index (χ4n) is 8.97. The van der Waals surface area contributed by atoms with E-state index >= 15 is 0 Å². The van der Waals surface area contributed by atoms with Crippen LogP contribution in [-0.2, 0) is 10.0 Å². The smallest absolute Gasteiger partial charge is 0.207 e. The van der Waals surface area contributed by atoms with Gasteiger partial charge in [0.05, 0.1) is 4.90 Å². The summed E-state index contributed by atoms with van der Waals surface area (Å²) in [5, 5.41) is 0. The predicted molar refractivity (Wildman–Crippen MR) is 126 cm³/mol. The summed E-state index contributed by atoms with van der Waals surface area (Å²) in [6.45, 7) is 7.51.